The summed E-state index contributed by atoms with van der Waals surface area (Å²) in [7, 11) is 0. The average molecular weight is 830 g/mol. The fraction of sp³-hybridized carbons (Fsp3) is 0. The van der Waals surface area contributed by atoms with Gasteiger partial charge in [0.1, 0.15) is 11.2 Å². The normalized spacial score (nSPS) is 12.0. The maximum Gasteiger partial charge on any atom is 0.167 e. The van der Waals surface area contributed by atoms with Crippen LogP contribution >= 0.6 is 0 Å². The summed E-state index contributed by atoms with van der Waals surface area (Å²) in [6, 6.07) is 74.9. The Labute approximate surface area is 371 Å². The summed E-state index contributed by atoms with van der Waals surface area (Å²) in [6.07, 6.45) is 0. The zero-order valence-corrected chi connectivity index (χ0v) is 34.9. The summed E-state index contributed by atoms with van der Waals surface area (Å²) < 4.78 is 11.8. The number of hydrogen-bond acceptors (Lipinski definition) is 4. The molecule has 4 heterocycles. The van der Waals surface area contributed by atoms with E-state index in [0.717, 1.165) is 77.3 Å². The lowest BCUT2D eigenvalue weighted by molar-refractivity contribution is 0.669. The van der Waals surface area contributed by atoms with Crippen LogP contribution < -0.4 is 0 Å². The molecule has 10 aromatic carbocycles. The summed E-state index contributed by atoms with van der Waals surface area (Å²) in [6.45, 7) is 0. The van der Waals surface area contributed by atoms with Crippen LogP contribution in [0.3, 0.4) is 0 Å². The van der Waals surface area contributed by atoms with E-state index in [0.29, 0.717) is 23.1 Å². The first-order valence-electron chi connectivity index (χ1n) is 21.9. The number of hydrogen-bond donors (Lipinski definition) is 0. The summed E-state index contributed by atoms with van der Waals surface area (Å²) in [5.74, 6) is 1.69. The molecule has 0 unspecified atom stereocenters. The van der Waals surface area contributed by atoms with Gasteiger partial charge in [-0.05, 0) is 70.8 Å². The van der Waals surface area contributed by atoms with E-state index in [1.54, 1.807) is 0 Å². The highest BCUT2D eigenvalue weighted by atomic mass is 16.3. The molecule has 0 bridgehead atoms. The molecular weight excluding hydrogens is 795 g/mol. The van der Waals surface area contributed by atoms with Gasteiger partial charge in [0.2, 0.25) is 0 Å². The van der Waals surface area contributed by atoms with Gasteiger partial charge in [-0.15, -0.1) is 0 Å². The van der Waals surface area contributed by atoms with Crippen LogP contribution in [0, 0.1) is 0 Å². The second-order valence-electron chi connectivity index (χ2n) is 16.7. The van der Waals surface area contributed by atoms with Crippen LogP contribution in [0.4, 0.5) is 0 Å². The first-order chi connectivity index (χ1) is 32.2. The Balaban J connectivity index is 1.08. The van der Waals surface area contributed by atoms with Crippen LogP contribution in [0.25, 0.3) is 133 Å². The molecule has 0 saturated heterocycles. The van der Waals surface area contributed by atoms with Gasteiger partial charge in [-0.2, -0.15) is 0 Å². The van der Waals surface area contributed by atoms with Crippen molar-refractivity contribution in [3.63, 3.8) is 0 Å². The topological polar surface area (TPSA) is 61.7 Å². The van der Waals surface area contributed by atoms with E-state index in [1.165, 1.54) is 32.3 Å². The first-order valence-corrected chi connectivity index (χ1v) is 21.9. The number of rotatable bonds is 5. The molecule has 0 atom stereocenters. The number of furan rings is 1. The largest absolute Gasteiger partial charge is 0.455 e. The molecule has 0 saturated carbocycles. The fourth-order valence-electron chi connectivity index (χ4n) is 10.3. The van der Waals surface area contributed by atoms with E-state index in [-0.39, 0.29) is 0 Å². The number of fused-ring (bicyclic) bond motifs is 12. The second kappa shape index (κ2) is 13.8. The lowest BCUT2D eigenvalue weighted by Crippen LogP contribution is -2.03. The second-order valence-corrected chi connectivity index (χ2v) is 16.7. The molecule has 14 aromatic rings. The van der Waals surface area contributed by atoms with Crippen molar-refractivity contribution in [3.8, 4) is 45.5 Å². The molecular formula is C59H35N5O. The molecule has 0 spiro atoms. The van der Waals surface area contributed by atoms with Crippen molar-refractivity contribution in [2.24, 2.45) is 0 Å². The quantitative estimate of drug-likeness (QED) is 0.173. The molecule has 0 aliphatic carbocycles. The zero-order chi connectivity index (χ0) is 42.6. The van der Waals surface area contributed by atoms with Crippen molar-refractivity contribution in [3.05, 3.63) is 212 Å². The Morgan fingerprint density at radius 2 is 0.985 bits per heavy atom. The van der Waals surface area contributed by atoms with E-state index >= 15 is 0 Å². The number of para-hydroxylation sites is 4. The van der Waals surface area contributed by atoms with Crippen LogP contribution in [0.15, 0.2) is 217 Å². The lowest BCUT2D eigenvalue weighted by atomic mass is 10.0. The summed E-state index contributed by atoms with van der Waals surface area (Å²) in [4.78, 5) is 16.0. The Bertz CT molecular complexity index is 4240. The number of benzene rings is 10. The Kier molecular flexibility index (Phi) is 7.59. The zero-order valence-electron chi connectivity index (χ0n) is 34.9. The smallest absolute Gasteiger partial charge is 0.167 e. The van der Waals surface area contributed by atoms with Crippen molar-refractivity contribution in [1.29, 1.82) is 0 Å². The van der Waals surface area contributed by atoms with Gasteiger partial charge in [0.05, 0.1) is 38.7 Å². The van der Waals surface area contributed by atoms with Crippen LogP contribution in [0.1, 0.15) is 0 Å². The van der Waals surface area contributed by atoms with Crippen LogP contribution in [0.2, 0.25) is 0 Å². The predicted octanol–water partition coefficient (Wildman–Crippen LogP) is 15.3. The maximum atomic E-state index is 7.02. The molecule has 0 N–H and O–H groups in total. The highest BCUT2D eigenvalue weighted by Gasteiger charge is 2.25. The van der Waals surface area contributed by atoms with Gasteiger partial charge in [-0.1, -0.05) is 158 Å². The van der Waals surface area contributed by atoms with Gasteiger partial charge < -0.3 is 13.6 Å². The SMILES string of the molecule is c1ccc(-c2nc(-c3ccc(-n4c5cc6ccccc6cc5c5ccc6ccccc6c54)c4c3oc3ccccc34)nc(-c3cccc4c5ccccc5n(-c5ccccc5)c34)n2)cc1. The molecule has 0 aliphatic heterocycles. The van der Waals surface area contributed by atoms with Crippen molar-refractivity contribution >= 4 is 87.1 Å². The van der Waals surface area contributed by atoms with Gasteiger partial charge in [0, 0.05) is 49.1 Å². The van der Waals surface area contributed by atoms with Gasteiger partial charge in [0.15, 0.2) is 17.5 Å². The minimum Gasteiger partial charge on any atom is -0.455 e. The van der Waals surface area contributed by atoms with Gasteiger partial charge >= 0.3 is 0 Å². The molecule has 4 aromatic heterocycles. The standard InChI is InChI=1S/C59H35N5O/c1-3-17-37(18-4-1)57-60-58(46-27-15-26-43-42-24-11-13-28-49(42)63(55(43)46)40-21-5-2-6-22-40)62-59(61-57)47-32-33-50(53-45-25-12-14-29-52(45)65-56(47)53)64-51-35-39-20-8-7-19-38(39)34-48(51)44-31-30-36-16-9-10-23-41(36)54(44)64/h1-35H. The average Bonchev–Trinajstić information content (AvgIpc) is 4.04. The van der Waals surface area contributed by atoms with E-state index in [9.17, 15) is 0 Å². The first kappa shape index (κ1) is 35.7. The van der Waals surface area contributed by atoms with Crippen molar-refractivity contribution in [2.75, 3.05) is 0 Å². The van der Waals surface area contributed by atoms with E-state index in [1.807, 2.05) is 24.3 Å². The summed E-state index contributed by atoms with van der Waals surface area (Å²) >= 11 is 0. The third kappa shape index (κ3) is 5.31. The third-order valence-electron chi connectivity index (χ3n) is 13.1. The molecule has 6 heteroatoms. The van der Waals surface area contributed by atoms with E-state index in [2.05, 4.69) is 197 Å². The summed E-state index contributed by atoms with van der Waals surface area (Å²) in [5.41, 5.74) is 10.6. The van der Waals surface area contributed by atoms with Crippen LogP contribution in [-0.4, -0.2) is 24.1 Å². The predicted molar refractivity (Wildman–Crippen MR) is 267 cm³/mol. The van der Waals surface area contributed by atoms with Gasteiger partial charge in [-0.3, -0.25) is 0 Å². The minimum absolute atomic E-state index is 0.530. The van der Waals surface area contributed by atoms with Crippen molar-refractivity contribution in [1.82, 2.24) is 24.1 Å². The molecule has 14 rings (SSSR count). The monoisotopic (exact) mass is 829 g/mol. The molecule has 0 amide bonds. The van der Waals surface area contributed by atoms with Gasteiger partial charge in [-0.25, -0.2) is 15.0 Å². The highest BCUT2D eigenvalue weighted by Crippen LogP contribution is 2.45. The van der Waals surface area contributed by atoms with E-state index in [4.69, 9.17) is 19.4 Å². The molecule has 302 valence electrons. The maximum absolute atomic E-state index is 7.02. The third-order valence-corrected chi connectivity index (χ3v) is 13.1. The van der Waals surface area contributed by atoms with Crippen LogP contribution in [0.5, 0.6) is 0 Å². The van der Waals surface area contributed by atoms with Crippen molar-refractivity contribution in [2.45, 2.75) is 0 Å². The fourth-order valence-corrected chi connectivity index (χ4v) is 10.3. The number of aromatic nitrogens is 5. The Morgan fingerprint density at radius 3 is 1.82 bits per heavy atom. The minimum atomic E-state index is 0.530. The summed E-state index contributed by atoms with van der Waals surface area (Å²) in [5, 5.41) is 11.5. The van der Waals surface area contributed by atoms with Crippen LogP contribution in [-0.2, 0) is 0 Å². The highest BCUT2D eigenvalue weighted by molar-refractivity contribution is 6.23. The number of nitrogens with zero attached hydrogens (tertiary/aromatic N) is 5. The molecule has 0 radical (unpaired) electrons. The molecule has 65 heavy (non-hydrogen) atoms. The molecule has 0 aliphatic rings. The van der Waals surface area contributed by atoms with E-state index < -0.39 is 0 Å². The molecule has 0 fully saturated rings. The lowest BCUT2D eigenvalue weighted by Gasteiger charge is -2.14. The van der Waals surface area contributed by atoms with Crippen molar-refractivity contribution < 1.29 is 4.42 Å². The molecule has 6 nitrogen and oxygen atoms in total. The Hall–Kier alpha value is -8.87. The van der Waals surface area contributed by atoms with Gasteiger partial charge in [0.25, 0.3) is 0 Å². The Morgan fingerprint density at radius 1 is 0.354 bits per heavy atom.